The molecule has 2 unspecified atom stereocenters. The fourth-order valence-corrected chi connectivity index (χ4v) is 6.31. The van der Waals surface area contributed by atoms with E-state index in [0.29, 0.717) is 17.9 Å². The van der Waals surface area contributed by atoms with Crippen LogP contribution in [0.2, 0.25) is 0 Å². The molecule has 4 nitrogen and oxygen atoms in total. The van der Waals surface area contributed by atoms with E-state index >= 15 is 0 Å². The third-order valence-corrected chi connectivity index (χ3v) is 7.97. The van der Waals surface area contributed by atoms with Crippen molar-refractivity contribution < 1.29 is 4.79 Å². The maximum atomic E-state index is 13.3. The molecule has 0 N–H and O–H groups in total. The van der Waals surface area contributed by atoms with Crippen molar-refractivity contribution in [1.29, 1.82) is 0 Å². The summed E-state index contributed by atoms with van der Waals surface area (Å²) in [6.45, 7) is 5.14. The van der Waals surface area contributed by atoms with Crippen LogP contribution in [0.25, 0.3) is 0 Å². The first kappa shape index (κ1) is 21.7. The molecule has 5 rings (SSSR count). The lowest BCUT2D eigenvalue weighted by Crippen LogP contribution is -2.56. The fraction of sp³-hybridized carbons (Fsp3) is 0.536. The van der Waals surface area contributed by atoms with Crippen molar-refractivity contribution in [2.24, 2.45) is 11.8 Å². The van der Waals surface area contributed by atoms with Crippen LogP contribution in [0.4, 0.5) is 0 Å². The molecule has 1 amide bonds. The molecule has 3 fully saturated rings. The van der Waals surface area contributed by atoms with Crippen LogP contribution in [0, 0.1) is 11.8 Å². The quantitative estimate of drug-likeness (QED) is 0.677. The number of benzene rings is 2. The van der Waals surface area contributed by atoms with Crippen molar-refractivity contribution in [3.05, 3.63) is 71.8 Å². The van der Waals surface area contributed by atoms with E-state index in [1.807, 2.05) is 7.05 Å². The first-order chi connectivity index (χ1) is 15.7. The van der Waals surface area contributed by atoms with Gasteiger partial charge in [0.2, 0.25) is 5.91 Å². The van der Waals surface area contributed by atoms with E-state index in [9.17, 15) is 4.79 Å². The number of likely N-dealkylation sites (tertiary alicyclic amines) is 1. The Kier molecular flexibility index (Phi) is 6.61. The van der Waals surface area contributed by atoms with E-state index in [4.69, 9.17) is 0 Å². The molecule has 0 saturated carbocycles. The van der Waals surface area contributed by atoms with E-state index in [2.05, 4.69) is 75.4 Å². The topological polar surface area (TPSA) is 26.8 Å². The van der Waals surface area contributed by atoms with E-state index in [1.165, 1.54) is 56.3 Å². The predicted molar refractivity (Wildman–Crippen MR) is 129 cm³/mol. The van der Waals surface area contributed by atoms with Crippen molar-refractivity contribution in [1.82, 2.24) is 14.7 Å². The maximum Gasteiger partial charge on any atom is 0.228 e. The molecule has 0 radical (unpaired) electrons. The summed E-state index contributed by atoms with van der Waals surface area (Å²) in [6, 6.07) is 22.3. The van der Waals surface area contributed by atoms with E-state index in [0.717, 1.165) is 19.6 Å². The molecule has 2 atom stereocenters. The normalized spacial score (nSPS) is 24.7. The number of carbonyl (C=O) groups is 1. The van der Waals surface area contributed by atoms with Crippen LogP contribution < -0.4 is 0 Å². The molecule has 0 aromatic heterocycles. The van der Waals surface area contributed by atoms with Gasteiger partial charge in [-0.25, -0.2) is 0 Å². The van der Waals surface area contributed by atoms with Gasteiger partial charge in [0.1, 0.15) is 0 Å². The number of fused-ring (bicyclic) bond motifs is 1. The summed E-state index contributed by atoms with van der Waals surface area (Å²) < 4.78 is 0. The number of nitrogens with zero attached hydrogens (tertiary/aromatic N) is 3. The minimum Gasteiger partial charge on any atom is -0.345 e. The highest BCUT2D eigenvalue weighted by atomic mass is 16.2. The number of piperidine rings is 2. The third-order valence-electron chi connectivity index (χ3n) is 7.97. The van der Waals surface area contributed by atoms with Crippen molar-refractivity contribution in [3.8, 4) is 0 Å². The monoisotopic (exact) mass is 431 g/mol. The highest BCUT2D eigenvalue weighted by molar-refractivity contribution is 5.80. The number of rotatable bonds is 6. The minimum atomic E-state index is 0.126. The van der Waals surface area contributed by atoms with Gasteiger partial charge in [-0.3, -0.25) is 9.69 Å². The summed E-state index contributed by atoms with van der Waals surface area (Å²) in [5, 5.41) is 0. The molecule has 32 heavy (non-hydrogen) atoms. The average molecular weight is 432 g/mol. The van der Waals surface area contributed by atoms with Gasteiger partial charge in [-0.1, -0.05) is 67.1 Å². The Morgan fingerprint density at radius 3 is 2.19 bits per heavy atom. The number of amides is 1. The lowest BCUT2D eigenvalue weighted by Gasteiger charge is -2.47. The van der Waals surface area contributed by atoms with Gasteiger partial charge in [0.15, 0.2) is 0 Å². The molecule has 3 aliphatic heterocycles. The second-order valence-electron chi connectivity index (χ2n) is 10.1. The SMILES string of the molecule is CN(CC1CCCN2CCCCC12)C(=O)C1CN(C(c2ccccc2)c2ccccc2)C1. The van der Waals surface area contributed by atoms with Gasteiger partial charge in [0, 0.05) is 32.7 Å². The zero-order valence-electron chi connectivity index (χ0n) is 19.4. The fourth-order valence-electron chi connectivity index (χ4n) is 6.31. The van der Waals surface area contributed by atoms with Crippen LogP contribution in [0.3, 0.4) is 0 Å². The van der Waals surface area contributed by atoms with Crippen LogP contribution >= 0.6 is 0 Å². The summed E-state index contributed by atoms with van der Waals surface area (Å²) in [7, 11) is 2.04. The standard InChI is InChI=1S/C28H37N3O/c1-29(19-24-15-10-18-30-17-9-8-16-26(24)30)28(32)25-20-31(21-25)27(22-11-4-2-5-12-22)23-13-6-3-7-14-23/h2-7,11-14,24-27H,8-10,15-21H2,1H3. The van der Waals surface area contributed by atoms with Crippen LogP contribution in [0.5, 0.6) is 0 Å². The van der Waals surface area contributed by atoms with Gasteiger partial charge >= 0.3 is 0 Å². The highest BCUT2D eigenvalue weighted by Gasteiger charge is 2.40. The molecule has 3 heterocycles. The predicted octanol–water partition coefficient (Wildman–Crippen LogP) is 4.43. The van der Waals surface area contributed by atoms with Gasteiger partial charge in [-0.15, -0.1) is 0 Å². The van der Waals surface area contributed by atoms with Crippen molar-refractivity contribution in [2.45, 2.75) is 44.2 Å². The number of carbonyl (C=O) groups excluding carboxylic acids is 1. The second kappa shape index (κ2) is 9.76. The van der Waals surface area contributed by atoms with Crippen molar-refractivity contribution >= 4 is 5.91 Å². The van der Waals surface area contributed by atoms with Crippen LogP contribution in [0.1, 0.15) is 49.3 Å². The molecule has 2 aromatic rings. The summed E-state index contributed by atoms with van der Waals surface area (Å²) in [5.74, 6) is 1.12. The summed E-state index contributed by atoms with van der Waals surface area (Å²) in [5.41, 5.74) is 2.61. The van der Waals surface area contributed by atoms with Gasteiger partial charge in [0.05, 0.1) is 12.0 Å². The molecular weight excluding hydrogens is 394 g/mol. The molecule has 3 saturated heterocycles. The molecule has 2 aromatic carbocycles. The first-order valence-corrected chi connectivity index (χ1v) is 12.5. The summed E-state index contributed by atoms with van der Waals surface area (Å²) in [4.78, 5) is 20.5. The van der Waals surface area contributed by atoms with Crippen LogP contribution in [0.15, 0.2) is 60.7 Å². The Morgan fingerprint density at radius 2 is 1.53 bits per heavy atom. The Morgan fingerprint density at radius 1 is 0.906 bits per heavy atom. The maximum absolute atomic E-state index is 13.3. The second-order valence-corrected chi connectivity index (χ2v) is 10.1. The Bertz CT molecular complexity index is 839. The third kappa shape index (κ3) is 4.49. The molecule has 0 spiro atoms. The van der Waals surface area contributed by atoms with Crippen molar-refractivity contribution in [2.75, 3.05) is 39.8 Å². The Hall–Kier alpha value is -2.17. The first-order valence-electron chi connectivity index (χ1n) is 12.5. The van der Waals surface area contributed by atoms with E-state index < -0.39 is 0 Å². The molecule has 4 heteroatoms. The number of hydrogen-bond donors (Lipinski definition) is 0. The smallest absolute Gasteiger partial charge is 0.228 e. The Labute approximate surface area is 193 Å². The van der Waals surface area contributed by atoms with Crippen LogP contribution in [-0.2, 0) is 4.79 Å². The van der Waals surface area contributed by atoms with Gasteiger partial charge in [-0.2, -0.15) is 0 Å². The van der Waals surface area contributed by atoms with E-state index in [-0.39, 0.29) is 12.0 Å². The minimum absolute atomic E-state index is 0.126. The highest BCUT2D eigenvalue weighted by Crippen LogP contribution is 2.35. The summed E-state index contributed by atoms with van der Waals surface area (Å²) >= 11 is 0. The molecule has 0 bridgehead atoms. The molecule has 3 aliphatic rings. The number of hydrogen-bond acceptors (Lipinski definition) is 3. The largest absolute Gasteiger partial charge is 0.345 e. The van der Waals surface area contributed by atoms with Gasteiger partial charge < -0.3 is 9.80 Å². The van der Waals surface area contributed by atoms with Gasteiger partial charge in [-0.05, 0) is 55.8 Å². The van der Waals surface area contributed by atoms with E-state index in [1.54, 1.807) is 0 Å². The molecule has 170 valence electrons. The van der Waals surface area contributed by atoms with Gasteiger partial charge in [0.25, 0.3) is 0 Å². The van der Waals surface area contributed by atoms with Crippen LogP contribution in [-0.4, -0.2) is 66.4 Å². The lowest BCUT2D eigenvalue weighted by molar-refractivity contribution is -0.141. The zero-order chi connectivity index (χ0) is 21.9. The lowest BCUT2D eigenvalue weighted by atomic mass is 9.83. The summed E-state index contributed by atoms with van der Waals surface area (Å²) in [6.07, 6.45) is 6.59. The van der Waals surface area contributed by atoms with Crippen molar-refractivity contribution in [3.63, 3.8) is 0 Å². The molecule has 0 aliphatic carbocycles. The average Bonchev–Trinajstić information content (AvgIpc) is 2.82. The zero-order valence-corrected chi connectivity index (χ0v) is 19.4. The molecular formula is C28H37N3O. The Balaban J connectivity index is 1.21.